The van der Waals surface area contributed by atoms with Crippen LogP contribution in [0.2, 0.25) is 0 Å². The molecule has 0 aromatic carbocycles. The van der Waals surface area contributed by atoms with Crippen LogP contribution in [0.3, 0.4) is 0 Å². The molecule has 0 saturated carbocycles. The average Bonchev–Trinajstić information content (AvgIpc) is 3.18. The van der Waals surface area contributed by atoms with Gasteiger partial charge in [-0.2, -0.15) is 4.39 Å². The highest BCUT2D eigenvalue weighted by atomic mass is 19.1. The Labute approximate surface area is 214 Å². The van der Waals surface area contributed by atoms with Crippen molar-refractivity contribution < 1.29 is 38.1 Å². The van der Waals surface area contributed by atoms with Crippen LogP contribution in [0.1, 0.15) is 79.4 Å². The molecule has 1 aromatic rings. The highest BCUT2D eigenvalue weighted by molar-refractivity contribution is 5.89. The number of ether oxygens (including phenoxy) is 3. The van der Waals surface area contributed by atoms with Gasteiger partial charge in [-0.1, -0.05) is 53.9 Å². The molecule has 1 aromatic heterocycles. The molecule has 3 atom stereocenters. The number of hydrogen-bond donors (Lipinski definition) is 1. The number of aliphatic hydroxyl groups is 1. The first-order chi connectivity index (χ1) is 17.3. The van der Waals surface area contributed by atoms with E-state index in [1.807, 2.05) is 6.92 Å². The van der Waals surface area contributed by atoms with Gasteiger partial charge in [-0.15, -0.1) is 0 Å². The summed E-state index contributed by atoms with van der Waals surface area (Å²) in [6, 6.07) is 0. The molecule has 208 valence electrons. The summed E-state index contributed by atoms with van der Waals surface area (Å²) in [6.45, 7) is 7.08. The van der Waals surface area contributed by atoms with Gasteiger partial charge in [0, 0.05) is 18.8 Å². The van der Waals surface area contributed by atoms with Crippen LogP contribution in [-0.4, -0.2) is 50.3 Å². The van der Waals surface area contributed by atoms with Crippen molar-refractivity contribution in [3.05, 3.63) is 32.9 Å². The zero-order chi connectivity index (χ0) is 27.9. The monoisotopic (exact) mass is 528 g/mol. The van der Waals surface area contributed by atoms with Gasteiger partial charge in [-0.05, 0) is 6.42 Å². The first-order valence-electron chi connectivity index (χ1n) is 12.6. The number of aromatic nitrogens is 2. The fourth-order valence-corrected chi connectivity index (χ4v) is 3.99. The number of ketones is 1. The van der Waals surface area contributed by atoms with Crippen LogP contribution in [0.25, 0.3) is 0 Å². The maximum Gasteiger partial charge on any atom is 0.336 e. The van der Waals surface area contributed by atoms with E-state index >= 15 is 0 Å². The molecule has 0 aliphatic carbocycles. The lowest BCUT2D eigenvalue weighted by Gasteiger charge is -2.28. The number of Topliss-reactive ketones (excluding diaryl/α,β-unsaturated/α-hetero) is 1. The van der Waals surface area contributed by atoms with Crippen LogP contribution in [0.15, 0.2) is 15.8 Å². The number of unbranched alkanes of at least 4 members (excludes halogenated alkanes) is 3. The van der Waals surface area contributed by atoms with E-state index in [0.717, 1.165) is 19.3 Å². The van der Waals surface area contributed by atoms with Crippen molar-refractivity contribution in [1.29, 1.82) is 0 Å². The largest absolute Gasteiger partial charge is 0.463 e. The molecule has 1 fully saturated rings. The predicted molar refractivity (Wildman–Crippen MR) is 129 cm³/mol. The van der Waals surface area contributed by atoms with Gasteiger partial charge in [-0.25, -0.2) is 9.36 Å². The number of esters is 2. The molecule has 2 rings (SSSR count). The number of halogens is 1. The molecule has 12 heteroatoms. The summed E-state index contributed by atoms with van der Waals surface area (Å²) < 4.78 is 31.5. The molecule has 1 aliphatic heterocycles. The molecule has 0 bridgehead atoms. The van der Waals surface area contributed by atoms with Gasteiger partial charge in [0.05, 0.1) is 12.1 Å². The number of hydrogen-bond acceptors (Lipinski definition) is 9. The van der Waals surface area contributed by atoms with Gasteiger partial charge in [0.15, 0.2) is 18.1 Å². The van der Waals surface area contributed by atoms with E-state index in [1.54, 1.807) is 27.7 Å². The molecule has 11 nitrogen and oxygen atoms in total. The van der Waals surface area contributed by atoms with Gasteiger partial charge < -0.3 is 19.3 Å². The highest BCUT2D eigenvalue weighted by Crippen LogP contribution is 2.38. The molecular formula is C25H37FN2O9. The molecule has 0 unspecified atom stereocenters. The lowest BCUT2D eigenvalue weighted by Crippen LogP contribution is -2.50. The molecule has 0 radical (unpaired) electrons. The summed E-state index contributed by atoms with van der Waals surface area (Å²) in [6.07, 6.45) is 0.871. The Balaban J connectivity index is 2.30. The van der Waals surface area contributed by atoms with Crippen LogP contribution in [-0.2, 0) is 35.3 Å². The van der Waals surface area contributed by atoms with Crippen molar-refractivity contribution in [3.63, 3.8) is 0 Å². The minimum atomic E-state index is -2.14. The molecule has 37 heavy (non-hydrogen) atoms. The summed E-state index contributed by atoms with van der Waals surface area (Å²) in [5.74, 6) is -4.26. The van der Waals surface area contributed by atoms with Crippen LogP contribution >= 0.6 is 0 Å². The van der Waals surface area contributed by atoms with Crippen LogP contribution in [0, 0.1) is 17.7 Å². The molecule has 1 aliphatic rings. The lowest BCUT2D eigenvalue weighted by atomic mass is 9.84. The van der Waals surface area contributed by atoms with Crippen LogP contribution in [0.4, 0.5) is 4.39 Å². The minimum Gasteiger partial charge on any atom is -0.463 e. The van der Waals surface area contributed by atoms with Crippen molar-refractivity contribution in [2.24, 2.45) is 11.8 Å². The number of carbonyl (C=O) groups excluding carboxylic acids is 3. The molecule has 1 N–H and O–H groups in total. The smallest absolute Gasteiger partial charge is 0.336 e. The highest BCUT2D eigenvalue weighted by Gasteiger charge is 2.54. The third-order valence-electron chi connectivity index (χ3n) is 6.19. The first-order valence-corrected chi connectivity index (χ1v) is 12.6. The Hall–Kier alpha value is -2.86. The number of nitrogens with zero attached hydrogens (tertiary/aromatic N) is 2. The van der Waals surface area contributed by atoms with Crippen LogP contribution < -0.4 is 11.2 Å². The number of rotatable bonds is 13. The zero-order valence-electron chi connectivity index (χ0n) is 22.0. The summed E-state index contributed by atoms with van der Waals surface area (Å²) in [5, 5.41) is 11.2. The van der Waals surface area contributed by atoms with Crippen LogP contribution in [0.5, 0.6) is 0 Å². The molecule has 0 amide bonds. The van der Waals surface area contributed by atoms with E-state index in [9.17, 15) is 33.5 Å². The SMILES string of the molecule is CCCCCCC(=O)OCn1c(=O)c(F)cn([C@H]2C[C@@](O)(C(=O)C(C)C)[C@@H](COC(=O)C(C)C)O2)c1=O. The third-order valence-corrected chi connectivity index (χ3v) is 6.19. The standard InChI is InChI=1S/C25H37FN2O9/c1-6-7-8-9-10-20(29)36-14-28-22(31)17(26)12-27(24(28)33)19-11-25(34,21(30)15(2)3)18(37-19)13-35-23(32)16(4)5/h12,15-16,18-19,34H,6-11,13-14H2,1-5H3/t18-,19-,25+/m1/s1. The second-order valence-corrected chi connectivity index (χ2v) is 9.87. The van der Waals surface area contributed by atoms with Gasteiger partial charge >= 0.3 is 17.6 Å². The van der Waals surface area contributed by atoms with Gasteiger partial charge in [-0.3, -0.25) is 23.7 Å². The van der Waals surface area contributed by atoms with Gasteiger partial charge in [0.25, 0.3) is 5.56 Å². The van der Waals surface area contributed by atoms with Crippen molar-refractivity contribution in [3.8, 4) is 0 Å². The Bertz CT molecular complexity index is 1090. The summed E-state index contributed by atoms with van der Waals surface area (Å²) in [5.41, 5.74) is -4.50. The first kappa shape index (κ1) is 30.4. The Morgan fingerprint density at radius 2 is 1.81 bits per heavy atom. The van der Waals surface area contributed by atoms with E-state index < -0.39 is 84.3 Å². The normalized spacial score (nSPS) is 21.4. The average molecular weight is 529 g/mol. The Morgan fingerprint density at radius 1 is 1.14 bits per heavy atom. The molecule has 1 saturated heterocycles. The summed E-state index contributed by atoms with van der Waals surface area (Å²) in [7, 11) is 0. The predicted octanol–water partition coefficient (Wildman–Crippen LogP) is 2.06. The van der Waals surface area contributed by atoms with E-state index in [2.05, 4.69) is 0 Å². The second kappa shape index (κ2) is 13.1. The zero-order valence-corrected chi connectivity index (χ0v) is 22.0. The summed E-state index contributed by atoms with van der Waals surface area (Å²) in [4.78, 5) is 62.1. The molecule has 2 heterocycles. The lowest BCUT2D eigenvalue weighted by molar-refractivity contribution is -0.163. The van der Waals surface area contributed by atoms with E-state index in [0.29, 0.717) is 21.8 Å². The van der Waals surface area contributed by atoms with Crippen molar-refractivity contribution in [2.45, 2.75) is 97.8 Å². The maximum atomic E-state index is 14.5. The Morgan fingerprint density at radius 3 is 2.41 bits per heavy atom. The van der Waals surface area contributed by atoms with Crippen molar-refractivity contribution in [2.75, 3.05) is 6.61 Å². The fourth-order valence-electron chi connectivity index (χ4n) is 3.99. The molecule has 0 spiro atoms. The van der Waals surface area contributed by atoms with E-state index in [4.69, 9.17) is 14.2 Å². The summed E-state index contributed by atoms with van der Waals surface area (Å²) >= 11 is 0. The molecular weight excluding hydrogens is 491 g/mol. The minimum absolute atomic E-state index is 0.0884. The van der Waals surface area contributed by atoms with Crippen molar-refractivity contribution >= 4 is 17.7 Å². The quantitative estimate of drug-likeness (QED) is 0.301. The van der Waals surface area contributed by atoms with Gasteiger partial charge in [0.1, 0.15) is 18.9 Å². The van der Waals surface area contributed by atoms with E-state index in [1.165, 1.54) is 0 Å². The van der Waals surface area contributed by atoms with E-state index in [-0.39, 0.29) is 6.42 Å². The fraction of sp³-hybridized carbons (Fsp3) is 0.720. The number of carbonyl (C=O) groups is 3. The van der Waals surface area contributed by atoms with Gasteiger partial charge in [0.2, 0.25) is 5.82 Å². The van der Waals surface area contributed by atoms with Crippen molar-refractivity contribution in [1.82, 2.24) is 9.13 Å². The third kappa shape index (κ3) is 7.35. The maximum absolute atomic E-state index is 14.5. The second-order valence-electron chi connectivity index (χ2n) is 9.87. The topological polar surface area (TPSA) is 143 Å². The Kier molecular flexibility index (Phi) is 10.7.